The molecule has 108 valence electrons. The van der Waals surface area contributed by atoms with Gasteiger partial charge in [-0.05, 0) is 30.7 Å². The van der Waals surface area contributed by atoms with Gasteiger partial charge in [0.05, 0.1) is 10.0 Å². The zero-order valence-electron chi connectivity index (χ0n) is 11.3. The van der Waals surface area contributed by atoms with E-state index >= 15 is 0 Å². The van der Waals surface area contributed by atoms with E-state index in [1.165, 1.54) is 0 Å². The molecule has 0 aliphatic heterocycles. The molecule has 0 aliphatic carbocycles. The largest absolute Gasteiger partial charge is 0.316 e. The molecule has 1 aromatic heterocycles. The Labute approximate surface area is 133 Å². The van der Waals surface area contributed by atoms with Gasteiger partial charge in [-0.1, -0.05) is 36.2 Å². The molecule has 0 spiro atoms. The predicted octanol–water partition coefficient (Wildman–Crippen LogP) is 3.98. The van der Waals surface area contributed by atoms with Crippen molar-refractivity contribution in [2.45, 2.75) is 26.2 Å². The molecule has 0 bridgehead atoms. The summed E-state index contributed by atoms with van der Waals surface area (Å²) in [5.41, 5.74) is 1.10. The molecule has 2 rings (SSSR count). The molecule has 0 atom stereocenters. The first-order valence-electron chi connectivity index (χ1n) is 6.65. The number of hydrogen-bond donors (Lipinski definition) is 1. The maximum absolute atomic E-state index is 6.01. The van der Waals surface area contributed by atoms with Gasteiger partial charge < -0.3 is 5.32 Å². The number of nitrogens with one attached hydrogen (secondary N) is 1. The van der Waals surface area contributed by atoms with Crippen LogP contribution in [0.4, 0.5) is 0 Å². The van der Waals surface area contributed by atoms with Crippen molar-refractivity contribution in [2.75, 3.05) is 13.1 Å². The highest BCUT2D eigenvalue weighted by Gasteiger charge is 2.06. The average molecular weight is 330 g/mol. The van der Waals surface area contributed by atoms with E-state index in [1.54, 1.807) is 11.3 Å². The van der Waals surface area contributed by atoms with Gasteiger partial charge in [0, 0.05) is 19.4 Å². The smallest absolute Gasteiger partial charge is 0.121 e. The molecule has 0 saturated carbocycles. The summed E-state index contributed by atoms with van der Waals surface area (Å²) in [6.45, 7) is 4.16. The predicted molar refractivity (Wildman–Crippen MR) is 86.0 cm³/mol. The van der Waals surface area contributed by atoms with E-state index in [9.17, 15) is 0 Å². The minimum Gasteiger partial charge on any atom is -0.316 e. The zero-order chi connectivity index (χ0) is 14.4. The lowest BCUT2D eigenvalue weighted by Crippen LogP contribution is -2.17. The highest BCUT2D eigenvalue weighted by molar-refractivity contribution is 7.11. The second-order valence-electron chi connectivity index (χ2n) is 4.51. The van der Waals surface area contributed by atoms with Gasteiger partial charge >= 0.3 is 0 Å². The van der Waals surface area contributed by atoms with Crippen LogP contribution in [-0.4, -0.2) is 23.3 Å². The van der Waals surface area contributed by atoms with Crippen molar-refractivity contribution in [3.05, 3.63) is 43.8 Å². The lowest BCUT2D eigenvalue weighted by atomic mass is 10.2. The van der Waals surface area contributed by atoms with E-state index in [4.69, 9.17) is 23.2 Å². The fourth-order valence-corrected chi connectivity index (χ4v) is 2.98. The Morgan fingerprint density at radius 3 is 2.65 bits per heavy atom. The van der Waals surface area contributed by atoms with Crippen LogP contribution in [0.25, 0.3) is 0 Å². The number of hydrogen-bond acceptors (Lipinski definition) is 4. The molecule has 0 saturated heterocycles. The third-order valence-corrected chi connectivity index (χ3v) is 4.51. The minimum atomic E-state index is 0.579. The zero-order valence-corrected chi connectivity index (χ0v) is 13.7. The fourth-order valence-electron chi connectivity index (χ4n) is 1.78. The molecular formula is C14H17Cl2N3S. The molecular weight excluding hydrogens is 313 g/mol. The molecule has 0 aliphatic rings. The summed E-state index contributed by atoms with van der Waals surface area (Å²) in [4.78, 5) is 0. The van der Waals surface area contributed by atoms with E-state index < -0.39 is 0 Å². The van der Waals surface area contributed by atoms with Crippen molar-refractivity contribution in [2.24, 2.45) is 0 Å². The maximum atomic E-state index is 6.01. The molecule has 0 fully saturated rings. The number of benzene rings is 1. The van der Waals surface area contributed by atoms with E-state index in [-0.39, 0.29) is 0 Å². The number of halogens is 2. The molecule has 20 heavy (non-hydrogen) atoms. The van der Waals surface area contributed by atoms with Crippen molar-refractivity contribution in [3.8, 4) is 0 Å². The SMILES string of the molecule is CCCNCCc1nnc(Cc2ccc(Cl)c(Cl)c2)s1. The molecule has 2 aromatic rings. The molecule has 1 aromatic carbocycles. The Hall–Kier alpha value is -0.680. The Morgan fingerprint density at radius 2 is 1.90 bits per heavy atom. The van der Waals surface area contributed by atoms with Gasteiger partial charge in [-0.25, -0.2) is 0 Å². The summed E-state index contributed by atoms with van der Waals surface area (Å²) >= 11 is 13.6. The Morgan fingerprint density at radius 1 is 1.10 bits per heavy atom. The number of aromatic nitrogens is 2. The Bertz CT molecular complexity index is 557. The molecule has 0 radical (unpaired) electrons. The topological polar surface area (TPSA) is 37.8 Å². The first-order valence-corrected chi connectivity index (χ1v) is 8.22. The van der Waals surface area contributed by atoms with E-state index in [0.717, 1.165) is 47.9 Å². The summed E-state index contributed by atoms with van der Waals surface area (Å²) < 4.78 is 0. The second-order valence-corrected chi connectivity index (χ2v) is 6.48. The molecule has 3 nitrogen and oxygen atoms in total. The Kier molecular flexibility index (Phi) is 6.23. The number of rotatable bonds is 7. The summed E-state index contributed by atoms with van der Waals surface area (Å²) in [7, 11) is 0. The summed E-state index contributed by atoms with van der Waals surface area (Å²) in [6.07, 6.45) is 2.83. The van der Waals surface area contributed by atoms with Gasteiger partial charge in [0.1, 0.15) is 10.0 Å². The van der Waals surface area contributed by atoms with Crippen LogP contribution in [-0.2, 0) is 12.8 Å². The third kappa shape index (κ3) is 4.70. The average Bonchev–Trinajstić information content (AvgIpc) is 2.87. The van der Waals surface area contributed by atoms with Crippen molar-refractivity contribution in [3.63, 3.8) is 0 Å². The van der Waals surface area contributed by atoms with E-state index in [1.807, 2.05) is 18.2 Å². The minimum absolute atomic E-state index is 0.579. The normalized spacial score (nSPS) is 10.9. The molecule has 1 heterocycles. The highest BCUT2D eigenvalue weighted by Crippen LogP contribution is 2.24. The summed E-state index contributed by atoms with van der Waals surface area (Å²) in [5.74, 6) is 0. The number of nitrogens with zero attached hydrogens (tertiary/aromatic N) is 2. The monoisotopic (exact) mass is 329 g/mol. The van der Waals surface area contributed by atoms with Gasteiger partial charge in [0.25, 0.3) is 0 Å². The van der Waals surface area contributed by atoms with Crippen LogP contribution in [0.15, 0.2) is 18.2 Å². The van der Waals surface area contributed by atoms with Crippen LogP contribution in [0, 0.1) is 0 Å². The summed E-state index contributed by atoms with van der Waals surface area (Å²) in [5, 5.41) is 15.1. The van der Waals surface area contributed by atoms with Gasteiger partial charge in [0.2, 0.25) is 0 Å². The van der Waals surface area contributed by atoms with Crippen LogP contribution < -0.4 is 5.32 Å². The molecule has 0 unspecified atom stereocenters. The first-order chi connectivity index (χ1) is 9.69. The lowest BCUT2D eigenvalue weighted by Gasteiger charge is -2.00. The Balaban J connectivity index is 1.90. The molecule has 6 heteroatoms. The molecule has 0 amide bonds. The van der Waals surface area contributed by atoms with E-state index in [2.05, 4.69) is 22.4 Å². The van der Waals surface area contributed by atoms with E-state index in [0.29, 0.717) is 10.0 Å². The summed E-state index contributed by atoms with van der Waals surface area (Å²) in [6, 6.07) is 5.67. The standard InChI is InChI=1S/C14H17Cl2N3S/c1-2-6-17-7-5-13-18-19-14(20-13)9-10-3-4-11(15)12(16)8-10/h3-4,8,17H,2,5-7,9H2,1H3. The quantitative estimate of drug-likeness (QED) is 0.781. The first kappa shape index (κ1) is 15.7. The van der Waals surface area contributed by atoms with Crippen LogP contribution in [0.5, 0.6) is 0 Å². The van der Waals surface area contributed by atoms with Gasteiger partial charge in [-0.2, -0.15) is 0 Å². The lowest BCUT2D eigenvalue weighted by molar-refractivity contribution is 0.667. The van der Waals surface area contributed by atoms with Gasteiger partial charge in [-0.3, -0.25) is 0 Å². The van der Waals surface area contributed by atoms with Crippen LogP contribution in [0.1, 0.15) is 28.9 Å². The molecule has 1 N–H and O–H groups in total. The third-order valence-electron chi connectivity index (χ3n) is 2.79. The van der Waals surface area contributed by atoms with Crippen molar-refractivity contribution >= 4 is 34.5 Å². The van der Waals surface area contributed by atoms with Crippen LogP contribution in [0.2, 0.25) is 10.0 Å². The van der Waals surface area contributed by atoms with Gasteiger partial charge in [0.15, 0.2) is 0 Å². The highest BCUT2D eigenvalue weighted by atomic mass is 35.5. The van der Waals surface area contributed by atoms with Crippen molar-refractivity contribution in [1.29, 1.82) is 0 Å². The maximum Gasteiger partial charge on any atom is 0.121 e. The fraction of sp³-hybridized carbons (Fsp3) is 0.429. The van der Waals surface area contributed by atoms with Crippen molar-refractivity contribution < 1.29 is 0 Å². The van der Waals surface area contributed by atoms with Crippen molar-refractivity contribution in [1.82, 2.24) is 15.5 Å². The second kappa shape index (κ2) is 7.93. The van der Waals surface area contributed by atoms with Gasteiger partial charge in [-0.15, -0.1) is 21.5 Å². The van der Waals surface area contributed by atoms with Crippen LogP contribution >= 0.6 is 34.5 Å². The van der Waals surface area contributed by atoms with Crippen LogP contribution in [0.3, 0.4) is 0 Å².